The number of thiazole rings is 1. The minimum absolute atomic E-state index is 0.00274. The van der Waals surface area contributed by atoms with Crippen LogP contribution in [-0.4, -0.2) is 40.0 Å². The summed E-state index contributed by atoms with van der Waals surface area (Å²) >= 11 is 1.58. The van der Waals surface area contributed by atoms with Crippen LogP contribution in [0, 0.1) is 5.92 Å². The molecule has 1 fully saturated rings. The summed E-state index contributed by atoms with van der Waals surface area (Å²) in [6, 6.07) is 0. The van der Waals surface area contributed by atoms with Crippen molar-refractivity contribution in [2.75, 3.05) is 13.1 Å². The number of hydrogen-bond acceptors (Lipinski definition) is 4. The Morgan fingerprint density at radius 1 is 1.41 bits per heavy atom. The first-order valence-corrected chi connectivity index (χ1v) is 8.58. The number of carboxylic acid groups (broad SMARTS) is 1. The Kier molecular flexibility index (Phi) is 5.21. The van der Waals surface area contributed by atoms with Gasteiger partial charge in [0.15, 0.2) is 0 Å². The van der Waals surface area contributed by atoms with Crippen molar-refractivity contribution in [1.82, 2.24) is 9.88 Å². The van der Waals surface area contributed by atoms with E-state index in [1.165, 1.54) is 0 Å². The summed E-state index contributed by atoms with van der Waals surface area (Å²) in [5.41, 5.74) is 0.777. The minimum atomic E-state index is -0.864. The number of hydrogen-bond donors (Lipinski definition) is 1. The molecular formula is C16H24N2O3S. The molecule has 1 saturated carbocycles. The molecule has 1 N–H and O–H groups in total. The minimum Gasteiger partial charge on any atom is -0.481 e. The Morgan fingerprint density at radius 2 is 2.09 bits per heavy atom. The van der Waals surface area contributed by atoms with Crippen LogP contribution in [0.4, 0.5) is 0 Å². The first-order valence-electron chi connectivity index (χ1n) is 7.70. The zero-order valence-corrected chi connectivity index (χ0v) is 14.3. The average molecular weight is 324 g/mol. The number of amides is 1. The molecule has 0 aliphatic heterocycles. The van der Waals surface area contributed by atoms with Crippen LogP contribution in [0.5, 0.6) is 0 Å². The molecule has 0 aromatic carbocycles. The topological polar surface area (TPSA) is 70.5 Å². The Hall–Kier alpha value is -1.43. The zero-order valence-electron chi connectivity index (χ0n) is 13.5. The van der Waals surface area contributed by atoms with Crippen LogP contribution >= 0.6 is 11.3 Å². The molecule has 1 aromatic rings. The van der Waals surface area contributed by atoms with Crippen molar-refractivity contribution in [3.63, 3.8) is 0 Å². The summed E-state index contributed by atoms with van der Waals surface area (Å²) in [6.45, 7) is 7.28. The highest BCUT2D eigenvalue weighted by atomic mass is 32.1. The lowest BCUT2D eigenvalue weighted by Gasteiger charge is -2.21. The van der Waals surface area contributed by atoms with Crippen molar-refractivity contribution in [2.24, 2.45) is 5.92 Å². The van der Waals surface area contributed by atoms with Crippen molar-refractivity contribution >= 4 is 23.2 Å². The second kappa shape index (κ2) is 6.77. The van der Waals surface area contributed by atoms with Crippen LogP contribution in [0.25, 0.3) is 0 Å². The molecule has 22 heavy (non-hydrogen) atoms. The van der Waals surface area contributed by atoms with Gasteiger partial charge >= 0.3 is 5.97 Å². The highest BCUT2D eigenvalue weighted by Crippen LogP contribution is 2.30. The molecule has 0 radical (unpaired) electrons. The Morgan fingerprint density at radius 3 is 2.59 bits per heavy atom. The molecule has 1 amide bonds. The predicted octanol–water partition coefficient (Wildman–Crippen LogP) is 2.70. The fourth-order valence-corrected chi connectivity index (χ4v) is 3.07. The van der Waals surface area contributed by atoms with E-state index in [1.807, 2.05) is 5.38 Å². The number of rotatable bonds is 7. The number of carbonyl (C=O) groups is 2. The Bertz CT molecular complexity index is 544. The molecule has 6 heteroatoms. The molecule has 0 atom stereocenters. The van der Waals surface area contributed by atoms with Gasteiger partial charge < -0.3 is 10.0 Å². The van der Waals surface area contributed by atoms with E-state index in [2.05, 4.69) is 25.8 Å². The van der Waals surface area contributed by atoms with E-state index in [4.69, 9.17) is 5.11 Å². The molecule has 2 rings (SSSR count). The maximum absolute atomic E-state index is 12.4. The van der Waals surface area contributed by atoms with Gasteiger partial charge in [-0.2, -0.15) is 0 Å². The Balaban J connectivity index is 1.97. The van der Waals surface area contributed by atoms with E-state index in [0.29, 0.717) is 19.0 Å². The second-order valence-electron chi connectivity index (χ2n) is 7.00. The average Bonchev–Trinajstić information content (AvgIpc) is 3.09. The van der Waals surface area contributed by atoms with Gasteiger partial charge in [0.1, 0.15) is 0 Å². The van der Waals surface area contributed by atoms with E-state index in [-0.39, 0.29) is 24.2 Å². The summed E-state index contributed by atoms with van der Waals surface area (Å²) in [6.07, 6.45) is 2.55. The van der Waals surface area contributed by atoms with Crippen molar-refractivity contribution in [2.45, 2.75) is 51.9 Å². The number of carbonyl (C=O) groups excluding carboxylic acids is 1. The van der Waals surface area contributed by atoms with Gasteiger partial charge in [-0.1, -0.05) is 20.8 Å². The summed E-state index contributed by atoms with van der Waals surface area (Å²) in [5, 5.41) is 11.8. The van der Waals surface area contributed by atoms with Gasteiger partial charge in [-0.3, -0.25) is 9.59 Å². The monoisotopic (exact) mass is 324 g/mol. The molecular weight excluding hydrogens is 300 g/mol. The van der Waals surface area contributed by atoms with Gasteiger partial charge in [0.05, 0.1) is 23.5 Å². The van der Waals surface area contributed by atoms with Crippen LogP contribution in [0.15, 0.2) is 5.38 Å². The van der Waals surface area contributed by atoms with Crippen molar-refractivity contribution in [3.05, 3.63) is 16.1 Å². The highest BCUT2D eigenvalue weighted by molar-refractivity contribution is 7.09. The van der Waals surface area contributed by atoms with Crippen LogP contribution in [0.2, 0.25) is 0 Å². The molecule has 122 valence electrons. The SMILES string of the molecule is CC(C)(C)c1nc(CC(=O)N(CCC(=O)O)CC2CC2)cs1. The number of aliphatic carboxylic acids is 1. The number of aromatic nitrogens is 1. The lowest BCUT2D eigenvalue weighted by molar-refractivity contribution is -0.138. The van der Waals surface area contributed by atoms with E-state index in [0.717, 1.165) is 23.5 Å². The van der Waals surface area contributed by atoms with Gasteiger partial charge in [0.25, 0.3) is 0 Å². The molecule has 1 heterocycles. The van der Waals surface area contributed by atoms with Gasteiger partial charge in [-0.15, -0.1) is 11.3 Å². The van der Waals surface area contributed by atoms with Crippen molar-refractivity contribution < 1.29 is 14.7 Å². The van der Waals surface area contributed by atoms with Gasteiger partial charge in [0, 0.05) is 23.9 Å². The largest absolute Gasteiger partial charge is 0.481 e. The first kappa shape index (κ1) is 16.9. The molecule has 0 spiro atoms. The lowest BCUT2D eigenvalue weighted by atomic mass is 9.98. The fourth-order valence-electron chi connectivity index (χ4n) is 2.16. The number of nitrogens with zero attached hydrogens (tertiary/aromatic N) is 2. The molecule has 5 nitrogen and oxygen atoms in total. The first-order chi connectivity index (χ1) is 10.3. The van der Waals surface area contributed by atoms with E-state index < -0.39 is 5.97 Å². The van der Waals surface area contributed by atoms with Crippen LogP contribution in [0.3, 0.4) is 0 Å². The summed E-state index contributed by atoms with van der Waals surface area (Å²) in [4.78, 5) is 29.4. The lowest BCUT2D eigenvalue weighted by Crippen LogP contribution is -2.36. The van der Waals surface area contributed by atoms with Crippen LogP contribution in [-0.2, 0) is 21.4 Å². The van der Waals surface area contributed by atoms with Crippen molar-refractivity contribution in [3.8, 4) is 0 Å². The Labute approximate surface area is 135 Å². The summed E-state index contributed by atoms with van der Waals surface area (Å²) in [5.74, 6) is -0.325. The third kappa shape index (κ3) is 5.09. The molecule has 0 saturated heterocycles. The van der Waals surface area contributed by atoms with E-state index in [1.54, 1.807) is 16.2 Å². The fraction of sp³-hybridized carbons (Fsp3) is 0.688. The maximum Gasteiger partial charge on any atom is 0.305 e. The molecule has 0 unspecified atom stereocenters. The van der Waals surface area contributed by atoms with Crippen LogP contribution < -0.4 is 0 Å². The van der Waals surface area contributed by atoms with Crippen LogP contribution in [0.1, 0.15) is 50.7 Å². The molecule has 0 bridgehead atoms. The summed E-state index contributed by atoms with van der Waals surface area (Å²) < 4.78 is 0. The number of carboxylic acids is 1. The van der Waals surface area contributed by atoms with Gasteiger partial charge in [-0.25, -0.2) is 4.98 Å². The summed E-state index contributed by atoms with van der Waals surface area (Å²) in [7, 11) is 0. The predicted molar refractivity (Wildman–Crippen MR) is 86.1 cm³/mol. The maximum atomic E-state index is 12.4. The van der Waals surface area contributed by atoms with Gasteiger partial charge in [0.2, 0.25) is 5.91 Å². The van der Waals surface area contributed by atoms with E-state index in [9.17, 15) is 9.59 Å². The molecule has 1 aliphatic carbocycles. The second-order valence-corrected chi connectivity index (χ2v) is 7.86. The zero-order chi connectivity index (χ0) is 16.3. The molecule has 1 aromatic heterocycles. The third-order valence-electron chi connectivity index (χ3n) is 3.65. The highest BCUT2D eigenvalue weighted by Gasteiger charge is 2.27. The normalized spacial score (nSPS) is 14.9. The molecule has 1 aliphatic rings. The third-order valence-corrected chi connectivity index (χ3v) is 4.97. The van der Waals surface area contributed by atoms with E-state index >= 15 is 0 Å². The quantitative estimate of drug-likeness (QED) is 0.837. The standard InChI is InChI=1S/C16H24N2O3S/c1-16(2,3)15-17-12(10-22-15)8-13(19)18(7-6-14(20)21)9-11-4-5-11/h10-11H,4-9H2,1-3H3,(H,20,21). The smallest absolute Gasteiger partial charge is 0.305 e. The van der Waals surface area contributed by atoms with Crippen molar-refractivity contribution in [1.29, 1.82) is 0 Å². The van der Waals surface area contributed by atoms with Gasteiger partial charge in [-0.05, 0) is 18.8 Å².